The lowest BCUT2D eigenvalue weighted by molar-refractivity contribution is 0.481. The van der Waals surface area contributed by atoms with E-state index in [0.717, 1.165) is 70.0 Å². The molecule has 0 bridgehead atoms. The number of fused-ring (bicyclic) bond motifs is 12. The van der Waals surface area contributed by atoms with Crippen LogP contribution in [0.25, 0.3) is 66.8 Å². The zero-order chi connectivity index (χ0) is 88.6. The van der Waals surface area contributed by atoms with Crippen molar-refractivity contribution in [2.75, 3.05) is 9.80 Å². The van der Waals surface area contributed by atoms with Crippen molar-refractivity contribution in [1.82, 2.24) is 0 Å². The van der Waals surface area contributed by atoms with Crippen molar-refractivity contribution in [1.29, 1.82) is 0 Å². The Hall–Kier alpha value is -14.8. The molecule has 0 aromatic heterocycles. The van der Waals surface area contributed by atoms with Crippen molar-refractivity contribution in [2.24, 2.45) is 0 Å². The zero-order valence-electron chi connectivity index (χ0n) is 75.7. The monoisotopic (exact) mass is 1680 g/mol. The number of hydrogen-bond donors (Lipinski definition) is 0. The molecule has 4 heteroatoms. The Morgan fingerprint density at radius 2 is 0.485 bits per heavy atom. The summed E-state index contributed by atoms with van der Waals surface area (Å²) in [4.78, 5) is 4.92. The van der Waals surface area contributed by atoms with Gasteiger partial charge in [-0.1, -0.05) is 370 Å². The smallest absolute Gasteiger partial charge is 0.127 e. The molecule has 4 atom stereocenters. The van der Waals surface area contributed by atoms with E-state index in [0.29, 0.717) is 11.8 Å². The lowest BCUT2D eigenvalue weighted by Crippen LogP contribution is -2.29. The topological polar surface area (TPSA) is 24.9 Å². The molecule has 0 heterocycles. The molecular formula is C126H106N2O2. The van der Waals surface area contributed by atoms with E-state index in [2.05, 4.69) is 504 Å². The highest BCUT2D eigenvalue weighted by Gasteiger charge is 2.49. The molecule has 4 aliphatic rings. The van der Waals surface area contributed by atoms with E-state index in [-0.39, 0.29) is 10.8 Å². The van der Waals surface area contributed by atoms with Crippen LogP contribution in [0.2, 0.25) is 0 Å². The molecule has 22 rings (SSSR count). The van der Waals surface area contributed by atoms with Gasteiger partial charge < -0.3 is 19.3 Å². The molecule has 0 spiro atoms. The number of ether oxygens (including phenoxy) is 2. The van der Waals surface area contributed by atoms with Crippen LogP contribution in [0, 0.1) is 13.8 Å². The van der Waals surface area contributed by atoms with E-state index < -0.39 is 10.8 Å². The van der Waals surface area contributed by atoms with Gasteiger partial charge in [0.05, 0.1) is 10.8 Å². The van der Waals surface area contributed by atoms with Gasteiger partial charge in [-0.2, -0.15) is 0 Å². The van der Waals surface area contributed by atoms with Crippen LogP contribution in [0.1, 0.15) is 169 Å². The lowest BCUT2D eigenvalue weighted by Gasteiger charge is -2.35. The number of rotatable bonds is 20. The highest BCUT2D eigenvalue weighted by molar-refractivity contribution is 5.94. The van der Waals surface area contributed by atoms with Crippen molar-refractivity contribution in [3.05, 3.63) is 514 Å². The standard InChI is InChI=1S/C64H55NO.C62H51NO/c1-7-44(4)45-23-31-53(32-24-45)66-54-33-25-48(26-34-54)64(49-38-42(2)37-43(3)39-49)60-20-14-12-18-56(60)58-36-30-52(41-62(58)64)65(50-27-21-47(22-28-50)46-15-9-8-10-16-46)51-29-35-57-55-17-11-13-19-59(55)63(5,6)61(57)40-51;1-5-42(2)43-26-34-51(35-27-43)64-52-36-28-47(29-37-52)62(46-18-10-7-11-19-46)58-23-15-13-21-54(58)56-39-33-50(41-60(56)62)63(48-30-24-45(25-31-48)44-16-8-6-9-17-44)49-32-38-55-53-20-12-14-22-57(53)61(3,4)59(55)40-49/h8-41,44H,7H2,1-6H3;6-42H,5H2,1-4H3. The van der Waals surface area contributed by atoms with Crippen LogP contribution in [0.3, 0.4) is 0 Å². The van der Waals surface area contributed by atoms with Gasteiger partial charge in [0.2, 0.25) is 0 Å². The number of hydrogen-bond acceptors (Lipinski definition) is 4. The van der Waals surface area contributed by atoms with E-state index in [4.69, 9.17) is 9.47 Å². The van der Waals surface area contributed by atoms with Gasteiger partial charge in [-0.25, -0.2) is 0 Å². The van der Waals surface area contributed by atoms with Crippen LogP contribution in [-0.4, -0.2) is 0 Å². The third-order valence-electron chi connectivity index (χ3n) is 28.7. The van der Waals surface area contributed by atoms with Gasteiger partial charge in [0.15, 0.2) is 0 Å². The average Bonchev–Trinajstić information content (AvgIpc) is 1.53. The van der Waals surface area contributed by atoms with Crippen molar-refractivity contribution in [2.45, 2.75) is 116 Å². The summed E-state index contributed by atoms with van der Waals surface area (Å²) in [7, 11) is 0. The third-order valence-corrected chi connectivity index (χ3v) is 28.7. The van der Waals surface area contributed by atoms with E-state index >= 15 is 0 Å². The predicted molar refractivity (Wildman–Crippen MR) is 543 cm³/mol. The summed E-state index contributed by atoms with van der Waals surface area (Å²) < 4.78 is 13.0. The molecule has 0 saturated carbocycles. The second-order valence-corrected chi connectivity index (χ2v) is 37.1. The van der Waals surface area contributed by atoms with Crippen molar-refractivity contribution < 1.29 is 9.47 Å². The Balaban J connectivity index is 0.000000157. The summed E-state index contributed by atoms with van der Waals surface area (Å²) >= 11 is 0. The SMILES string of the molecule is CCC(C)c1ccc(Oc2ccc(C3(c4cc(C)cc(C)c4)c4ccccc4-c4ccc(N(c5ccc(-c6ccccc6)cc5)c5ccc6c(c5)C(C)(C)c5ccccc5-6)cc43)cc2)cc1.CCC(C)c1ccc(Oc2ccc(C3(c4ccccc4)c4ccccc4-c4ccc(N(c5ccc(-c6ccccc6)cc5)c5ccc6c(c5)C(C)(C)c5ccccc5-6)cc43)cc2)cc1. The molecule has 130 heavy (non-hydrogen) atoms. The zero-order valence-corrected chi connectivity index (χ0v) is 75.7. The maximum Gasteiger partial charge on any atom is 0.127 e. The molecule has 0 aliphatic heterocycles. The fourth-order valence-corrected chi connectivity index (χ4v) is 21.7. The van der Waals surface area contributed by atoms with E-state index in [1.807, 2.05) is 0 Å². The number of nitrogens with zero attached hydrogens (tertiary/aromatic N) is 2. The molecule has 4 unspecified atom stereocenters. The molecule has 632 valence electrons. The van der Waals surface area contributed by atoms with Crippen LogP contribution in [-0.2, 0) is 21.7 Å². The first kappa shape index (κ1) is 82.2. The minimum absolute atomic E-state index is 0.139. The molecule has 18 aromatic carbocycles. The minimum Gasteiger partial charge on any atom is -0.457 e. The van der Waals surface area contributed by atoms with Gasteiger partial charge in [-0.3, -0.25) is 0 Å². The Bertz CT molecular complexity index is 7240. The van der Waals surface area contributed by atoms with Crippen molar-refractivity contribution >= 4 is 34.1 Å². The van der Waals surface area contributed by atoms with Gasteiger partial charge in [-0.15, -0.1) is 0 Å². The molecule has 0 radical (unpaired) electrons. The molecule has 0 saturated heterocycles. The first-order chi connectivity index (χ1) is 63.5. The molecule has 0 fully saturated rings. The Kier molecular flexibility index (Phi) is 21.1. The highest BCUT2D eigenvalue weighted by Crippen LogP contribution is 2.62. The maximum absolute atomic E-state index is 6.53. The van der Waals surface area contributed by atoms with Gasteiger partial charge in [0.1, 0.15) is 23.0 Å². The second-order valence-electron chi connectivity index (χ2n) is 37.1. The molecule has 4 aliphatic carbocycles. The van der Waals surface area contributed by atoms with E-state index in [1.165, 1.54) is 156 Å². The summed E-state index contributed by atoms with van der Waals surface area (Å²) in [5.41, 5.74) is 40.8. The Morgan fingerprint density at radius 1 is 0.223 bits per heavy atom. The van der Waals surface area contributed by atoms with Crippen LogP contribution in [0.5, 0.6) is 23.0 Å². The van der Waals surface area contributed by atoms with Gasteiger partial charge in [0, 0.05) is 45.0 Å². The molecule has 0 amide bonds. The first-order valence-electron chi connectivity index (χ1n) is 46.3. The lowest BCUT2D eigenvalue weighted by atomic mass is 9.67. The van der Waals surface area contributed by atoms with E-state index in [1.54, 1.807) is 0 Å². The fourth-order valence-electron chi connectivity index (χ4n) is 21.7. The van der Waals surface area contributed by atoms with Gasteiger partial charge >= 0.3 is 0 Å². The highest BCUT2D eigenvalue weighted by atomic mass is 16.5. The quantitative estimate of drug-likeness (QED) is 0.0759. The summed E-state index contributed by atoms with van der Waals surface area (Å²) in [6.07, 6.45) is 2.22. The van der Waals surface area contributed by atoms with Gasteiger partial charge in [0.25, 0.3) is 0 Å². The normalized spacial score (nSPS) is 15.6. The summed E-state index contributed by atoms with van der Waals surface area (Å²) in [5, 5.41) is 0. The fraction of sp³-hybridized carbons (Fsp3) is 0.143. The van der Waals surface area contributed by atoms with Gasteiger partial charge in [-0.05, 0) is 305 Å². The van der Waals surface area contributed by atoms with Crippen LogP contribution in [0.15, 0.2) is 425 Å². The molecule has 18 aromatic rings. The third kappa shape index (κ3) is 14.2. The number of anilines is 6. The maximum atomic E-state index is 6.53. The Morgan fingerprint density at radius 3 is 0.838 bits per heavy atom. The van der Waals surface area contributed by atoms with Crippen LogP contribution < -0.4 is 19.3 Å². The van der Waals surface area contributed by atoms with Crippen LogP contribution >= 0.6 is 0 Å². The van der Waals surface area contributed by atoms with E-state index in [9.17, 15) is 0 Å². The average molecular weight is 1680 g/mol. The molecule has 0 N–H and O–H groups in total. The van der Waals surface area contributed by atoms with Crippen molar-refractivity contribution in [3.63, 3.8) is 0 Å². The summed E-state index contributed by atoms with van der Waals surface area (Å²) in [6.45, 7) is 22.9. The van der Waals surface area contributed by atoms with Crippen molar-refractivity contribution in [3.8, 4) is 89.8 Å². The molecular weight excluding hydrogens is 1570 g/mol. The Labute approximate surface area is 767 Å². The first-order valence-corrected chi connectivity index (χ1v) is 46.3. The minimum atomic E-state index is -0.612. The second kappa shape index (κ2) is 33.4. The summed E-state index contributed by atoms with van der Waals surface area (Å²) in [6, 6.07) is 157. The molecule has 4 nitrogen and oxygen atoms in total. The summed E-state index contributed by atoms with van der Waals surface area (Å²) in [5.74, 6) is 4.35. The number of benzene rings is 18. The largest absolute Gasteiger partial charge is 0.457 e. The number of aryl methyl sites for hydroxylation is 2. The van der Waals surface area contributed by atoms with Crippen LogP contribution in [0.4, 0.5) is 34.1 Å². The predicted octanol–water partition coefficient (Wildman–Crippen LogP) is 34.2.